The summed E-state index contributed by atoms with van der Waals surface area (Å²) in [6.45, 7) is -0.0171. The van der Waals surface area contributed by atoms with Gasteiger partial charge in [-0.15, -0.1) is 11.8 Å². The highest BCUT2D eigenvalue weighted by Crippen LogP contribution is 2.27. The summed E-state index contributed by atoms with van der Waals surface area (Å²) in [6.07, 6.45) is 1.20. The molecule has 8 nitrogen and oxygen atoms in total. The largest absolute Gasteiger partial charge is 0.491 e. The van der Waals surface area contributed by atoms with E-state index in [1.54, 1.807) is 12.1 Å². The number of nitrogens with one attached hydrogen (secondary N) is 1. The Morgan fingerprint density at radius 1 is 1.26 bits per heavy atom. The van der Waals surface area contributed by atoms with E-state index < -0.39 is 11.0 Å². The summed E-state index contributed by atoms with van der Waals surface area (Å²) in [6, 6.07) is 15.3. The van der Waals surface area contributed by atoms with Crippen molar-refractivity contribution in [2.24, 2.45) is 0 Å². The van der Waals surface area contributed by atoms with Crippen LogP contribution >= 0.6 is 11.8 Å². The van der Waals surface area contributed by atoms with E-state index in [1.165, 1.54) is 30.0 Å². The van der Waals surface area contributed by atoms with Crippen LogP contribution in [-0.2, 0) is 0 Å². The minimum Gasteiger partial charge on any atom is -0.491 e. The van der Waals surface area contributed by atoms with Crippen molar-refractivity contribution in [3.8, 4) is 5.75 Å². The second-order valence-corrected chi connectivity index (χ2v) is 8.34. The molecule has 9 heteroatoms. The van der Waals surface area contributed by atoms with Crippen LogP contribution in [0, 0.1) is 10.1 Å². The topological polar surface area (TPSA) is 115 Å². The third-order valence-corrected chi connectivity index (χ3v) is 5.80. The van der Waals surface area contributed by atoms with Crippen molar-refractivity contribution in [2.45, 2.75) is 30.0 Å². The van der Waals surface area contributed by atoms with Crippen LogP contribution < -0.4 is 10.1 Å². The number of hydrogen-bond donors (Lipinski definition) is 2. The van der Waals surface area contributed by atoms with E-state index >= 15 is 0 Å². The first kappa shape index (κ1) is 21.1. The van der Waals surface area contributed by atoms with Crippen molar-refractivity contribution in [3.63, 3.8) is 0 Å². The van der Waals surface area contributed by atoms with Crippen molar-refractivity contribution in [1.29, 1.82) is 0 Å². The maximum absolute atomic E-state index is 12.7. The average molecular weight is 439 g/mol. The van der Waals surface area contributed by atoms with Gasteiger partial charge in [0.05, 0.1) is 33.2 Å². The summed E-state index contributed by atoms with van der Waals surface area (Å²) in [7, 11) is 0. The molecule has 2 aromatic carbocycles. The number of benzene rings is 2. The Bertz CT molecular complexity index is 1120. The zero-order valence-electron chi connectivity index (χ0n) is 16.6. The van der Waals surface area contributed by atoms with Crippen LogP contribution in [0.15, 0.2) is 59.6 Å². The van der Waals surface area contributed by atoms with Crippen molar-refractivity contribution < 1.29 is 19.6 Å². The number of thioether (sulfide) groups is 1. The third-order valence-electron chi connectivity index (χ3n) is 4.74. The predicted octanol–water partition coefficient (Wildman–Crippen LogP) is 3.57. The number of nitrogens with zero attached hydrogens (tertiary/aromatic N) is 2. The summed E-state index contributed by atoms with van der Waals surface area (Å²) in [4.78, 5) is 27.6. The number of carbonyl (C=O) groups is 1. The zero-order valence-corrected chi connectivity index (χ0v) is 17.4. The van der Waals surface area contributed by atoms with Crippen molar-refractivity contribution >= 4 is 34.3 Å². The maximum Gasteiger partial charge on any atom is 0.273 e. The lowest BCUT2D eigenvalue weighted by Crippen LogP contribution is -2.25. The number of amides is 1. The molecule has 1 amide bonds. The van der Waals surface area contributed by atoms with Gasteiger partial charge >= 0.3 is 0 Å². The quantitative estimate of drug-likeness (QED) is 0.298. The van der Waals surface area contributed by atoms with Crippen LogP contribution in [0.2, 0.25) is 0 Å². The Hall–Kier alpha value is -3.17. The number of aliphatic hydroxyl groups is 1. The van der Waals surface area contributed by atoms with E-state index in [0.717, 1.165) is 23.7 Å². The molecule has 4 rings (SSSR count). The molecule has 1 unspecified atom stereocenters. The number of nitro benzene ring substituents is 1. The summed E-state index contributed by atoms with van der Waals surface area (Å²) < 4.78 is 5.48. The number of pyridine rings is 1. The fourth-order valence-electron chi connectivity index (χ4n) is 3.01. The standard InChI is InChI=1S/C22H21N3O5S/c26-16(12-30-17-5-3-4-15(10-17)25(28)29)13-31-21-11-19(22(27)23-14-8-9-14)18-6-1-2-7-20(18)24-21/h1-7,10-11,14,16,26H,8-9,12-13H2,(H,23,27). The number of aromatic nitrogens is 1. The molecule has 1 saturated carbocycles. The summed E-state index contributed by atoms with van der Waals surface area (Å²) in [5, 5.41) is 25.6. The SMILES string of the molecule is O=C(NC1CC1)c1cc(SCC(O)COc2cccc([N+](=O)[O-])c2)nc2ccccc12. The minimum absolute atomic E-state index is 0.0171. The Balaban J connectivity index is 1.40. The zero-order chi connectivity index (χ0) is 21.8. The summed E-state index contributed by atoms with van der Waals surface area (Å²) in [5.74, 6) is 0.503. The van der Waals surface area contributed by atoms with E-state index in [4.69, 9.17) is 4.74 Å². The number of aliphatic hydroxyl groups excluding tert-OH is 1. The first-order chi connectivity index (χ1) is 15.0. The molecule has 0 radical (unpaired) electrons. The van der Waals surface area contributed by atoms with Gasteiger partial charge < -0.3 is 15.2 Å². The monoisotopic (exact) mass is 439 g/mol. The molecule has 0 bridgehead atoms. The highest BCUT2D eigenvalue weighted by molar-refractivity contribution is 7.99. The average Bonchev–Trinajstić information content (AvgIpc) is 3.59. The second-order valence-electron chi connectivity index (χ2n) is 7.30. The van der Waals surface area contributed by atoms with Crippen LogP contribution in [-0.4, -0.2) is 45.4 Å². The molecule has 1 aromatic heterocycles. The highest BCUT2D eigenvalue weighted by Gasteiger charge is 2.25. The fourth-order valence-corrected chi connectivity index (χ4v) is 3.84. The van der Waals surface area contributed by atoms with Crippen LogP contribution in [0.1, 0.15) is 23.2 Å². The van der Waals surface area contributed by atoms with E-state index in [9.17, 15) is 20.0 Å². The van der Waals surface area contributed by atoms with Gasteiger partial charge in [0.15, 0.2) is 0 Å². The van der Waals surface area contributed by atoms with E-state index in [-0.39, 0.29) is 24.2 Å². The number of hydrogen-bond acceptors (Lipinski definition) is 7. The number of ether oxygens (including phenoxy) is 1. The molecule has 0 spiro atoms. The number of carbonyl (C=O) groups excluding carboxylic acids is 1. The first-order valence-corrected chi connectivity index (χ1v) is 10.9. The minimum atomic E-state index is -0.818. The number of fused-ring (bicyclic) bond motifs is 1. The van der Waals surface area contributed by atoms with Gasteiger partial charge in [-0.3, -0.25) is 14.9 Å². The fraction of sp³-hybridized carbons (Fsp3) is 0.273. The van der Waals surface area contributed by atoms with Gasteiger partial charge in [-0.25, -0.2) is 4.98 Å². The Morgan fingerprint density at radius 2 is 2.06 bits per heavy atom. The number of non-ortho nitro benzene ring substituents is 1. The summed E-state index contributed by atoms with van der Waals surface area (Å²) >= 11 is 1.32. The van der Waals surface area contributed by atoms with Gasteiger partial charge in [-0.05, 0) is 31.0 Å². The highest BCUT2D eigenvalue weighted by atomic mass is 32.2. The van der Waals surface area contributed by atoms with Crippen molar-refractivity contribution in [3.05, 3.63) is 70.3 Å². The Morgan fingerprint density at radius 3 is 2.84 bits per heavy atom. The molecule has 2 N–H and O–H groups in total. The molecule has 0 saturated heterocycles. The molecule has 1 aliphatic carbocycles. The van der Waals surface area contributed by atoms with Crippen LogP contribution in [0.4, 0.5) is 5.69 Å². The predicted molar refractivity (Wildman–Crippen MR) is 118 cm³/mol. The lowest BCUT2D eigenvalue weighted by atomic mass is 10.1. The van der Waals surface area contributed by atoms with Gasteiger partial charge in [-0.2, -0.15) is 0 Å². The van der Waals surface area contributed by atoms with Crippen molar-refractivity contribution in [1.82, 2.24) is 10.3 Å². The Kier molecular flexibility index (Phi) is 6.34. The van der Waals surface area contributed by atoms with Crippen molar-refractivity contribution in [2.75, 3.05) is 12.4 Å². The summed E-state index contributed by atoms with van der Waals surface area (Å²) in [5.41, 5.74) is 1.22. The smallest absolute Gasteiger partial charge is 0.273 e. The lowest BCUT2D eigenvalue weighted by molar-refractivity contribution is -0.384. The van der Waals surface area contributed by atoms with Gasteiger partial charge in [0, 0.05) is 23.2 Å². The number of para-hydroxylation sites is 1. The van der Waals surface area contributed by atoms with E-state index in [1.807, 2.05) is 24.3 Å². The van der Waals surface area contributed by atoms with E-state index in [0.29, 0.717) is 22.1 Å². The third kappa shape index (κ3) is 5.50. The normalized spacial score (nSPS) is 14.2. The molecular formula is C22H21N3O5S. The van der Waals surface area contributed by atoms with Crippen LogP contribution in [0.5, 0.6) is 5.75 Å². The van der Waals surface area contributed by atoms with Crippen LogP contribution in [0.3, 0.4) is 0 Å². The molecule has 3 aromatic rings. The maximum atomic E-state index is 12.7. The molecule has 1 fully saturated rings. The Labute approximate surface area is 182 Å². The van der Waals surface area contributed by atoms with Gasteiger partial charge in [0.2, 0.25) is 0 Å². The van der Waals surface area contributed by atoms with Gasteiger partial charge in [0.25, 0.3) is 11.6 Å². The molecule has 160 valence electrons. The van der Waals surface area contributed by atoms with Gasteiger partial charge in [0.1, 0.15) is 12.4 Å². The second kappa shape index (κ2) is 9.32. The number of nitro groups is 1. The molecule has 0 aliphatic heterocycles. The van der Waals surface area contributed by atoms with Crippen LogP contribution in [0.25, 0.3) is 10.9 Å². The number of rotatable bonds is 9. The molecule has 1 aliphatic rings. The first-order valence-electron chi connectivity index (χ1n) is 9.88. The molecule has 1 atom stereocenters. The van der Waals surface area contributed by atoms with Gasteiger partial charge in [-0.1, -0.05) is 24.3 Å². The molecule has 31 heavy (non-hydrogen) atoms. The lowest BCUT2D eigenvalue weighted by Gasteiger charge is -2.13. The molecule has 1 heterocycles. The van der Waals surface area contributed by atoms with E-state index in [2.05, 4.69) is 10.3 Å². The molecular weight excluding hydrogens is 418 g/mol.